The number of ether oxygens (including phenoxy) is 2. The number of rotatable bonds is 12. The topological polar surface area (TPSA) is 86.4 Å². The summed E-state index contributed by atoms with van der Waals surface area (Å²) in [7, 11) is 1.95. The number of likely N-dealkylation sites (N-methyl/N-ethyl adjacent to an activating group) is 1. The second kappa shape index (κ2) is 13.1. The maximum absolute atomic E-state index is 11.0. The lowest BCUT2D eigenvalue weighted by Crippen LogP contribution is -2.14. The molecule has 2 N–H and O–H groups in total. The van der Waals surface area contributed by atoms with E-state index in [4.69, 9.17) is 9.47 Å². The monoisotopic (exact) mass is 587 g/mol. The maximum atomic E-state index is 11.0. The van der Waals surface area contributed by atoms with Gasteiger partial charge in [-0.05, 0) is 60.0 Å². The van der Waals surface area contributed by atoms with Crippen LogP contribution in [0.3, 0.4) is 0 Å². The minimum Gasteiger partial charge on any atom is -0.488 e. The largest absolute Gasteiger partial charge is 0.488 e. The van der Waals surface area contributed by atoms with Crippen molar-refractivity contribution < 1.29 is 14.6 Å². The van der Waals surface area contributed by atoms with E-state index in [0.29, 0.717) is 24.8 Å². The molecule has 2 aromatic heterocycles. The predicted octanol–water partition coefficient (Wildman–Crippen LogP) is 7.10. The Bertz CT molecular complexity index is 1840. The Morgan fingerprint density at radius 1 is 0.795 bits per heavy atom. The zero-order chi connectivity index (χ0) is 30.5. The summed E-state index contributed by atoms with van der Waals surface area (Å²) in [5.74, 6) is 1.97. The first kappa shape index (κ1) is 29.0. The molecule has 4 aromatic carbocycles. The fourth-order valence-electron chi connectivity index (χ4n) is 5.36. The number of aromatic nitrogens is 4. The van der Waals surface area contributed by atoms with Crippen LogP contribution in [-0.4, -0.2) is 38.0 Å². The number of benzene rings is 4. The first-order chi connectivity index (χ1) is 21.5. The minimum absolute atomic E-state index is 0.154. The first-order valence-corrected chi connectivity index (χ1v) is 14.9. The van der Waals surface area contributed by atoms with Crippen LogP contribution in [0, 0.1) is 0 Å². The smallest absolute Gasteiger partial charge is 0.319 e. The summed E-state index contributed by atoms with van der Waals surface area (Å²) in [5, 5.41) is 23.8. The van der Waals surface area contributed by atoms with Gasteiger partial charge in [0.05, 0.1) is 11.3 Å². The van der Waals surface area contributed by atoms with Crippen LogP contribution in [0.4, 0.5) is 0 Å². The number of aromatic hydroxyl groups is 1. The lowest BCUT2D eigenvalue weighted by molar-refractivity contribution is 0.288. The van der Waals surface area contributed by atoms with Gasteiger partial charge in [0.1, 0.15) is 24.7 Å². The van der Waals surface area contributed by atoms with E-state index in [1.54, 1.807) is 4.57 Å². The van der Waals surface area contributed by atoms with Crippen LogP contribution in [0.2, 0.25) is 0 Å². The van der Waals surface area contributed by atoms with E-state index in [9.17, 15) is 5.11 Å². The van der Waals surface area contributed by atoms with Crippen molar-refractivity contribution in [3.8, 4) is 34.6 Å². The van der Waals surface area contributed by atoms with Gasteiger partial charge in [-0.2, -0.15) is 0 Å². The van der Waals surface area contributed by atoms with Gasteiger partial charge in [-0.1, -0.05) is 79.6 Å². The van der Waals surface area contributed by atoms with Crippen LogP contribution in [0.25, 0.3) is 28.0 Å². The van der Waals surface area contributed by atoms with E-state index in [1.165, 1.54) is 0 Å². The highest BCUT2D eigenvalue weighted by molar-refractivity contribution is 5.83. The Balaban J connectivity index is 1.43. The molecule has 8 heteroatoms. The number of hydrogen-bond acceptors (Lipinski definition) is 6. The van der Waals surface area contributed by atoms with Crippen LogP contribution >= 0.6 is 0 Å². The average Bonchev–Trinajstić information content (AvgIpc) is 3.64. The average molecular weight is 588 g/mol. The second-order valence-corrected chi connectivity index (χ2v) is 11.1. The lowest BCUT2D eigenvalue weighted by atomic mass is 9.98. The molecule has 8 nitrogen and oxygen atoms in total. The number of hydrogen-bond donors (Lipinski definition) is 2. The standard InChI is InChI=1S/C36H37N5O3/c1-25(2)30-21-31(34(44-24-27-12-8-5-9-13-27)22-33(30)43-23-26-10-6-4-7-11-26)35-38-39-36(42)41(35)29-14-15-32-28(20-29)16-18-40(32)19-17-37-3/h4-16,18,20-22,25,37H,17,19,23-24H2,1-3H3,(H,39,42). The van der Waals surface area contributed by atoms with Gasteiger partial charge in [0, 0.05) is 36.3 Å². The molecule has 0 aliphatic heterocycles. The molecule has 0 bridgehead atoms. The van der Waals surface area contributed by atoms with Gasteiger partial charge >= 0.3 is 6.01 Å². The summed E-state index contributed by atoms with van der Waals surface area (Å²) in [6.07, 6.45) is 2.08. The van der Waals surface area contributed by atoms with Crippen molar-refractivity contribution in [3.63, 3.8) is 0 Å². The molecule has 224 valence electrons. The van der Waals surface area contributed by atoms with Crippen LogP contribution < -0.4 is 14.8 Å². The highest BCUT2D eigenvalue weighted by Gasteiger charge is 2.23. The number of nitrogens with one attached hydrogen (secondary N) is 1. The van der Waals surface area contributed by atoms with E-state index in [0.717, 1.165) is 57.7 Å². The van der Waals surface area contributed by atoms with Crippen molar-refractivity contribution in [2.45, 2.75) is 39.5 Å². The van der Waals surface area contributed by atoms with Crippen molar-refractivity contribution in [2.75, 3.05) is 13.6 Å². The molecule has 0 aliphatic carbocycles. The van der Waals surface area contributed by atoms with Gasteiger partial charge in [0.2, 0.25) is 0 Å². The third-order valence-corrected chi connectivity index (χ3v) is 7.71. The molecule has 6 rings (SSSR count). The fraction of sp³-hybridized carbons (Fsp3) is 0.222. The van der Waals surface area contributed by atoms with Gasteiger partial charge < -0.3 is 24.5 Å². The molecule has 0 amide bonds. The highest BCUT2D eigenvalue weighted by atomic mass is 16.5. The van der Waals surface area contributed by atoms with Crippen molar-refractivity contribution in [3.05, 3.63) is 120 Å². The van der Waals surface area contributed by atoms with Crippen molar-refractivity contribution in [1.82, 2.24) is 24.6 Å². The van der Waals surface area contributed by atoms with Crippen LogP contribution in [-0.2, 0) is 19.8 Å². The third-order valence-electron chi connectivity index (χ3n) is 7.71. The summed E-state index contributed by atoms with van der Waals surface area (Å²) >= 11 is 0. The summed E-state index contributed by atoms with van der Waals surface area (Å²) in [4.78, 5) is 0. The molecule has 44 heavy (non-hydrogen) atoms. The van der Waals surface area contributed by atoms with E-state index in [1.807, 2.05) is 85.9 Å². The minimum atomic E-state index is -0.196. The molecule has 0 fully saturated rings. The van der Waals surface area contributed by atoms with Crippen LogP contribution in [0.5, 0.6) is 17.5 Å². The normalized spacial score (nSPS) is 11.4. The molecule has 0 unspecified atom stereocenters. The molecule has 0 saturated carbocycles. The van der Waals surface area contributed by atoms with Gasteiger partial charge in [0.15, 0.2) is 5.82 Å². The fourth-order valence-corrected chi connectivity index (χ4v) is 5.36. The quantitative estimate of drug-likeness (QED) is 0.159. The Labute approximate surface area is 257 Å². The molecule has 2 heterocycles. The summed E-state index contributed by atoms with van der Waals surface area (Å²) in [6.45, 7) is 6.79. The molecule has 6 aromatic rings. The Morgan fingerprint density at radius 2 is 1.48 bits per heavy atom. The Morgan fingerprint density at radius 3 is 2.14 bits per heavy atom. The summed E-state index contributed by atoms with van der Waals surface area (Å²) in [5.41, 5.74) is 5.72. The van der Waals surface area contributed by atoms with E-state index >= 15 is 0 Å². The molecular formula is C36H37N5O3. The number of fused-ring (bicyclic) bond motifs is 1. The third kappa shape index (κ3) is 6.16. The number of nitrogens with zero attached hydrogens (tertiary/aromatic N) is 4. The SMILES string of the molecule is CNCCn1ccc2cc(-n3c(O)nnc3-c3cc(C(C)C)c(OCc4ccccc4)cc3OCc3ccccc3)ccc21. The summed E-state index contributed by atoms with van der Waals surface area (Å²) < 4.78 is 16.7. The van der Waals surface area contributed by atoms with Crippen molar-refractivity contribution in [1.29, 1.82) is 0 Å². The molecule has 0 atom stereocenters. The van der Waals surface area contributed by atoms with E-state index in [-0.39, 0.29) is 11.9 Å². The van der Waals surface area contributed by atoms with Gasteiger partial charge in [-0.3, -0.25) is 0 Å². The highest BCUT2D eigenvalue weighted by Crippen LogP contribution is 2.41. The summed E-state index contributed by atoms with van der Waals surface area (Å²) in [6, 6.07) is 32.1. The van der Waals surface area contributed by atoms with Crippen LogP contribution in [0.1, 0.15) is 36.5 Å². The zero-order valence-electron chi connectivity index (χ0n) is 25.3. The van der Waals surface area contributed by atoms with Crippen molar-refractivity contribution in [2.24, 2.45) is 0 Å². The zero-order valence-corrected chi connectivity index (χ0v) is 25.3. The molecule has 0 aliphatic rings. The lowest BCUT2D eigenvalue weighted by Gasteiger charge is -2.20. The van der Waals surface area contributed by atoms with Gasteiger partial charge in [-0.15, -0.1) is 5.10 Å². The van der Waals surface area contributed by atoms with Gasteiger partial charge in [-0.25, -0.2) is 4.57 Å². The second-order valence-electron chi connectivity index (χ2n) is 11.1. The first-order valence-electron chi connectivity index (χ1n) is 14.9. The van der Waals surface area contributed by atoms with Crippen LogP contribution in [0.15, 0.2) is 103 Å². The molecule has 0 spiro atoms. The van der Waals surface area contributed by atoms with E-state index in [2.05, 4.69) is 58.3 Å². The maximum Gasteiger partial charge on any atom is 0.319 e. The van der Waals surface area contributed by atoms with Crippen molar-refractivity contribution >= 4 is 10.9 Å². The van der Waals surface area contributed by atoms with Gasteiger partial charge in [0.25, 0.3) is 0 Å². The van der Waals surface area contributed by atoms with E-state index < -0.39 is 0 Å². The Hall–Kier alpha value is -5.08. The molecule has 0 saturated heterocycles. The Kier molecular flexibility index (Phi) is 8.61. The molecular weight excluding hydrogens is 550 g/mol. The predicted molar refractivity (Wildman–Crippen MR) is 174 cm³/mol. The molecule has 0 radical (unpaired) electrons.